The summed E-state index contributed by atoms with van der Waals surface area (Å²) in [5, 5.41) is 8.86. The highest BCUT2D eigenvalue weighted by atomic mass is 32.2. The van der Waals surface area contributed by atoms with Gasteiger partial charge in [-0.3, -0.25) is 9.59 Å². The SMILES string of the molecule is CCCN(CC(=O)O)C(=O)c1ccc(CNS(=O)(=O)CC)cc1. The maximum Gasteiger partial charge on any atom is 0.323 e. The minimum absolute atomic E-state index is 0.00470. The van der Waals surface area contributed by atoms with Gasteiger partial charge in [0.1, 0.15) is 6.54 Å². The summed E-state index contributed by atoms with van der Waals surface area (Å²) >= 11 is 0. The summed E-state index contributed by atoms with van der Waals surface area (Å²) in [5.74, 6) is -1.41. The number of aliphatic carboxylic acids is 1. The summed E-state index contributed by atoms with van der Waals surface area (Å²) in [6, 6.07) is 6.44. The van der Waals surface area contributed by atoms with Crippen LogP contribution in [0.1, 0.15) is 36.2 Å². The second-order valence-corrected chi connectivity index (χ2v) is 7.14. The first-order valence-electron chi connectivity index (χ1n) is 7.36. The van der Waals surface area contributed by atoms with E-state index in [4.69, 9.17) is 5.11 Å². The van der Waals surface area contributed by atoms with Gasteiger partial charge in [-0.2, -0.15) is 0 Å². The van der Waals surface area contributed by atoms with Crippen molar-refractivity contribution in [2.75, 3.05) is 18.8 Å². The van der Waals surface area contributed by atoms with Crippen LogP contribution in [0.5, 0.6) is 0 Å². The molecule has 0 heterocycles. The van der Waals surface area contributed by atoms with Crippen LogP contribution < -0.4 is 4.72 Å². The topological polar surface area (TPSA) is 104 Å². The summed E-state index contributed by atoms with van der Waals surface area (Å²) in [7, 11) is -3.27. The van der Waals surface area contributed by atoms with Crippen LogP contribution in [0.25, 0.3) is 0 Å². The van der Waals surface area contributed by atoms with Crippen molar-refractivity contribution in [3.05, 3.63) is 35.4 Å². The molecule has 0 aliphatic carbocycles. The van der Waals surface area contributed by atoms with Crippen LogP contribution >= 0.6 is 0 Å². The molecule has 7 nitrogen and oxygen atoms in total. The van der Waals surface area contributed by atoms with Crippen LogP contribution in [0.15, 0.2) is 24.3 Å². The van der Waals surface area contributed by atoms with Gasteiger partial charge in [0.2, 0.25) is 10.0 Å². The number of benzene rings is 1. The zero-order chi connectivity index (χ0) is 17.5. The van der Waals surface area contributed by atoms with Crippen LogP contribution in [0.3, 0.4) is 0 Å². The molecule has 0 saturated carbocycles. The monoisotopic (exact) mass is 342 g/mol. The number of carbonyl (C=O) groups is 2. The van der Waals surface area contributed by atoms with Crippen molar-refractivity contribution >= 4 is 21.9 Å². The van der Waals surface area contributed by atoms with Gasteiger partial charge in [0.25, 0.3) is 5.91 Å². The lowest BCUT2D eigenvalue weighted by Crippen LogP contribution is -2.36. The lowest BCUT2D eigenvalue weighted by atomic mass is 10.1. The predicted molar refractivity (Wildman–Crippen MR) is 86.6 cm³/mol. The van der Waals surface area contributed by atoms with Crippen molar-refractivity contribution in [3.63, 3.8) is 0 Å². The summed E-state index contributed by atoms with van der Waals surface area (Å²) in [5.41, 5.74) is 1.10. The maximum absolute atomic E-state index is 12.3. The highest BCUT2D eigenvalue weighted by molar-refractivity contribution is 7.89. The second kappa shape index (κ2) is 8.64. The fraction of sp³-hybridized carbons (Fsp3) is 0.467. The molecule has 0 aromatic heterocycles. The van der Waals surface area contributed by atoms with Gasteiger partial charge in [-0.25, -0.2) is 13.1 Å². The minimum atomic E-state index is -3.27. The van der Waals surface area contributed by atoms with Gasteiger partial charge in [-0.1, -0.05) is 19.1 Å². The van der Waals surface area contributed by atoms with Crippen molar-refractivity contribution in [2.24, 2.45) is 0 Å². The molecule has 0 aliphatic heterocycles. The zero-order valence-electron chi connectivity index (χ0n) is 13.3. The molecule has 0 fully saturated rings. The number of amides is 1. The molecule has 0 atom stereocenters. The average molecular weight is 342 g/mol. The summed E-state index contributed by atoms with van der Waals surface area (Å²) in [4.78, 5) is 24.4. The van der Waals surface area contributed by atoms with Gasteiger partial charge >= 0.3 is 5.97 Å². The van der Waals surface area contributed by atoms with Crippen molar-refractivity contribution in [1.29, 1.82) is 0 Å². The first kappa shape index (κ1) is 19.1. The minimum Gasteiger partial charge on any atom is -0.480 e. The van der Waals surface area contributed by atoms with E-state index in [-0.39, 0.29) is 24.7 Å². The molecule has 8 heteroatoms. The van der Waals surface area contributed by atoms with Crippen molar-refractivity contribution in [2.45, 2.75) is 26.8 Å². The van der Waals surface area contributed by atoms with Crippen LogP contribution in [0.4, 0.5) is 0 Å². The molecule has 1 rings (SSSR count). The van der Waals surface area contributed by atoms with E-state index in [0.717, 1.165) is 5.56 Å². The van der Waals surface area contributed by atoms with E-state index in [1.54, 1.807) is 31.2 Å². The molecule has 0 spiro atoms. The van der Waals surface area contributed by atoms with Gasteiger partial charge in [-0.15, -0.1) is 0 Å². The Morgan fingerprint density at radius 3 is 2.26 bits per heavy atom. The first-order valence-corrected chi connectivity index (χ1v) is 9.01. The maximum atomic E-state index is 12.3. The number of nitrogens with one attached hydrogen (secondary N) is 1. The lowest BCUT2D eigenvalue weighted by Gasteiger charge is -2.20. The summed E-state index contributed by atoms with van der Waals surface area (Å²) < 4.78 is 25.2. The molecule has 0 aliphatic rings. The van der Waals surface area contributed by atoms with E-state index in [1.165, 1.54) is 4.90 Å². The van der Waals surface area contributed by atoms with Gasteiger partial charge < -0.3 is 10.0 Å². The average Bonchev–Trinajstić information content (AvgIpc) is 2.52. The zero-order valence-corrected chi connectivity index (χ0v) is 14.1. The van der Waals surface area contributed by atoms with Crippen molar-refractivity contribution in [1.82, 2.24) is 9.62 Å². The van der Waals surface area contributed by atoms with Gasteiger partial charge in [0.15, 0.2) is 0 Å². The Hall–Kier alpha value is -1.93. The van der Waals surface area contributed by atoms with Crippen LogP contribution in [0, 0.1) is 0 Å². The van der Waals surface area contributed by atoms with E-state index < -0.39 is 16.0 Å². The molecular formula is C15H22N2O5S. The molecule has 1 amide bonds. The Kier molecular flexibility index (Phi) is 7.18. The lowest BCUT2D eigenvalue weighted by molar-refractivity contribution is -0.137. The molecular weight excluding hydrogens is 320 g/mol. The molecule has 128 valence electrons. The Morgan fingerprint density at radius 1 is 1.17 bits per heavy atom. The first-order chi connectivity index (χ1) is 10.8. The third-order valence-electron chi connectivity index (χ3n) is 3.18. The molecule has 1 aromatic rings. The number of rotatable bonds is 9. The molecule has 0 unspecified atom stereocenters. The third-order valence-corrected chi connectivity index (χ3v) is 4.53. The number of sulfonamides is 1. The smallest absolute Gasteiger partial charge is 0.323 e. The van der Waals surface area contributed by atoms with Crippen molar-refractivity contribution < 1.29 is 23.1 Å². The Morgan fingerprint density at radius 2 is 1.78 bits per heavy atom. The fourth-order valence-corrected chi connectivity index (χ4v) is 2.52. The summed E-state index contributed by atoms with van der Waals surface area (Å²) in [6.07, 6.45) is 0.663. The highest BCUT2D eigenvalue weighted by Gasteiger charge is 2.17. The van der Waals surface area contributed by atoms with E-state index in [0.29, 0.717) is 18.5 Å². The fourth-order valence-electron chi connectivity index (χ4n) is 1.93. The highest BCUT2D eigenvalue weighted by Crippen LogP contribution is 2.09. The number of carboxylic acids is 1. The number of hydrogen-bond acceptors (Lipinski definition) is 4. The molecule has 0 bridgehead atoms. The Bertz CT molecular complexity index is 640. The molecule has 23 heavy (non-hydrogen) atoms. The van der Waals surface area contributed by atoms with Crippen LogP contribution in [-0.4, -0.2) is 49.1 Å². The van der Waals surface area contributed by atoms with E-state index in [9.17, 15) is 18.0 Å². The number of carboxylic acid groups (broad SMARTS) is 1. The van der Waals surface area contributed by atoms with E-state index in [1.807, 2.05) is 6.92 Å². The molecule has 0 radical (unpaired) electrons. The second-order valence-electron chi connectivity index (χ2n) is 5.04. The standard InChI is InChI=1S/C15H22N2O5S/c1-3-9-17(11-14(18)19)15(20)13-7-5-12(6-8-13)10-16-23(21,22)4-2/h5-8,16H,3-4,9-11H2,1-2H3,(H,18,19). The van der Waals surface area contributed by atoms with E-state index in [2.05, 4.69) is 4.72 Å². The molecule has 2 N–H and O–H groups in total. The number of carbonyl (C=O) groups excluding carboxylic acids is 1. The normalized spacial score (nSPS) is 11.2. The van der Waals surface area contributed by atoms with Gasteiger partial charge in [0, 0.05) is 18.7 Å². The predicted octanol–water partition coefficient (Wildman–Crippen LogP) is 1.06. The quantitative estimate of drug-likeness (QED) is 0.698. The third kappa shape index (κ3) is 6.37. The number of hydrogen-bond donors (Lipinski definition) is 2. The number of nitrogens with zero attached hydrogens (tertiary/aromatic N) is 1. The van der Waals surface area contributed by atoms with Crippen molar-refractivity contribution in [3.8, 4) is 0 Å². The van der Waals surface area contributed by atoms with Crippen LogP contribution in [-0.2, 0) is 21.4 Å². The molecule has 1 aromatic carbocycles. The Balaban J connectivity index is 2.77. The van der Waals surface area contributed by atoms with Crippen LogP contribution in [0.2, 0.25) is 0 Å². The molecule has 0 saturated heterocycles. The summed E-state index contributed by atoms with van der Waals surface area (Å²) in [6.45, 7) is 3.59. The Labute approximate surface area is 136 Å². The van der Waals surface area contributed by atoms with Gasteiger partial charge in [-0.05, 0) is 31.0 Å². The van der Waals surface area contributed by atoms with Gasteiger partial charge in [0.05, 0.1) is 5.75 Å². The van der Waals surface area contributed by atoms with E-state index >= 15 is 0 Å². The largest absolute Gasteiger partial charge is 0.480 e.